The van der Waals surface area contributed by atoms with Crippen molar-refractivity contribution in [1.82, 2.24) is 0 Å². The molecule has 0 heterocycles. The average molecular weight is 242 g/mol. The predicted octanol–water partition coefficient (Wildman–Crippen LogP) is 4.11. The van der Waals surface area contributed by atoms with Crippen molar-refractivity contribution in [3.05, 3.63) is 65.7 Å². The molecule has 18 heavy (non-hydrogen) atoms. The van der Waals surface area contributed by atoms with Gasteiger partial charge in [0.05, 0.1) is 0 Å². The zero-order chi connectivity index (χ0) is 12.8. The molecule has 0 aromatic heterocycles. The predicted molar refractivity (Wildman–Crippen MR) is 72.6 cm³/mol. The minimum atomic E-state index is -0.348. The maximum absolute atomic E-state index is 5.87. The highest BCUT2D eigenvalue weighted by Crippen LogP contribution is 2.23. The van der Waals surface area contributed by atoms with E-state index in [1.165, 1.54) is 5.56 Å². The van der Waals surface area contributed by atoms with Crippen molar-refractivity contribution in [1.29, 1.82) is 0 Å². The molecule has 0 spiro atoms. The monoisotopic (exact) mass is 242 g/mol. The van der Waals surface area contributed by atoms with Gasteiger partial charge in [0.1, 0.15) is 5.75 Å². The third-order valence-electron chi connectivity index (χ3n) is 2.65. The zero-order valence-electron chi connectivity index (χ0n) is 10.8. The molecule has 2 nitrogen and oxygen atoms in total. The average Bonchev–Trinajstić information content (AvgIpc) is 2.42. The number of hydrogen-bond acceptors (Lipinski definition) is 2. The normalized spacial score (nSPS) is 12.1. The summed E-state index contributed by atoms with van der Waals surface area (Å²) in [6.45, 7) is 4.64. The lowest BCUT2D eigenvalue weighted by Gasteiger charge is -2.19. The van der Waals surface area contributed by atoms with E-state index in [1.54, 1.807) is 0 Å². The molecule has 0 fully saturated rings. The van der Waals surface area contributed by atoms with E-state index < -0.39 is 0 Å². The molecule has 0 saturated carbocycles. The summed E-state index contributed by atoms with van der Waals surface area (Å²) < 4.78 is 11.5. The van der Waals surface area contributed by atoms with E-state index in [9.17, 15) is 0 Å². The minimum Gasteiger partial charge on any atom is -0.461 e. The molecule has 2 rings (SSSR count). The summed E-state index contributed by atoms with van der Waals surface area (Å²) in [4.78, 5) is 0. The third-order valence-corrected chi connectivity index (χ3v) is 2.65. The topological polar surface area (TPSA) is 18.5 Å². The lowest BCUT2D eigenvalue weighted by molar-refractivity contribution is -0.0786. The Morgan fingerprint density at radius 2 is 1.61 bits per heavy atom. The second-order valence-corrected chi connectivity index (χ2v) is 4.13. The van der Waals surface area contributed by atoms with E-state index in [2.05, 4.69) is 6.92 Å². The highest BCUT2D eigenvalue weighted by molar-refractivity contribution is 5.27. The number of rotatable bonds is 5. The molecular weight excluding hydrogens is 224 g/mol. The molecule has 0 aliphatic rings. The van der Waals surface area contributed by atoms with E-state index >= 15 is 0 Å². The van der Waals surface area contributed by atoms with Crippen LogP contribution < -0.4 is 4.74 Å². The van der Waals surface area contributed by atoms with Crippen molar-refractivity contribution in [3.8, 4) is 5.75 Å². The zero-order valence-corrected chi connectivity index (χ0v) is 10.8. The second kappa shape index (κ2) is 6.22. The van der Waals surface area contributed by atoms with E-state index in [-0.39, 0.29) is 6.29 Å². The molecule has 0 bridgehead atoms. The minimum absolute atomic E-state index is 0.348. The van der Waals surface area contributed by atoms with Crippen LogP contribution in [0.3, 0.4) is 0 Å². The fourth-order valence-corrected chi connectivity index (χ4v) is 1.70. The fraction of sp³-hybridized carbons (Fsp3) is 0.250. The first-order valence-corrected chi connectivity index (χ1v) is 6.19. The standard InChI is InChI=1S/C16H18O2/c1-3-17-16(14-7-5-4-6-8-14)18-15-11-9-13(2)10-12-15/h4-12,16H,3H2,1-2H3. The quantitative estimate of drug-likeness (QED) is 0.735. The van der Waals surface area contributed by atoms with Crippen molar-refractivity contribution >= 4 is 0 Å². The summed E-state index contributed by atoms with van der Waals surface area (Å²) >= 11 is 0. The Bertz CT molecular complexity index is 462. The highest BCUT2D eigenvalue weighted by Gasteiger charge is 2.12. The molecule has 1 unspecified atom stereocenters. The largest absolute Gasteiger partial charge is 0.461 e. The second-order valence-electron chi connectivity index (χ2n) is 4.13. The molecule has 0 radical (unpaired) electrons. The SMILES string of the molecule is CCOC(Oc1ccc(C)cc1)c1ccccc1. The summed E-state index contributed by atoms with van der Waals surface area (Å²) in [5.74, 6) is 0.822. The van der Waals surface area contributed by atoms with Crippen LogP contribution in [0.4, 0.5) is 0 Å². The van der Waals surface area contributed by atoms with Crippen molar-refractivity contribution in [3.63, 3.8) is 0 Å². The maximum atomic E-state index is 5.87. The number of hydrogen-bond donors (Lipinski definition) is 0. The molecule has 0 N–H and O–H groups in total. The Morgan fingerprint density at radius 3 is 2.22 bits per heavy atom. The smallest absolute Gasteiger partial charge is 0.226 e. The van der Waals surface area contributed by atoms with E-state index in [0.717, 1.165) is 11.3 Å². The summed E-state index contributed by atoms with van der Waals surface area (Å²) in [6, 6.07) is 18.0. The first-order chi connectivity index (χ1) is 8.79. The van der Waals surface area contributed by atoms with Gasteiger partial charge in [0.2, 0.25) is 6.29 Å². The van der Waals surface area contributed by atoms with Crippen molar-refractivity contribution < 1.29 is 9.47 Å². The molecule has 1 atom stereocenters. The van der Waals surface area contributed by atoms with Gasteiger partial charge in [0.15, 0.2) is 0 Å². The number of benzene rings is 2. The number of aryl methyl sites for hydroxylation is 1. The third kappa shape index (κ3) is 3.34. The van der Waals surface area contributed by atoms with Gasteiger partial charge >= 0.3 is 0 Å². The maximum Gasteiger partial charge on any atom is 0.226 e. The molecule has 0 saturated heterocycles. The van der Waals surface area contributed by atoms with Crippen LogP contribution in [0.25, 0.3) is 0 Å². The molecule has 2 aromatic rings. The Morgan fingerprint density at radius 1 is 0.944 bits per heavy atom. The highest BCUT2D eigenvalue weighted by atomic mass is 16.7. The lowest BCUT2D eigenvalue weighted by Crippen LogP contribution is -2.11. The molecular formula is C16H18O2. The van der Waals surface area contributed by atoms with Crippen LogP contribution in [0.15, 0.2) is 54.6 Å². The van der Waals surface area contributed by atoms with E-state index in [4.69, 9.17) is 9.47 Å². The first kappa shape index (κ1) is 12.7. The van der Waals surface area contributed by atoms with Gasteiger partial charge in [-0.15, -0.1) is 0 Å². The van der Waals surface area contributed by atoms with Crippen LogP contribution in [0, 0.1) is 6.92 Å². The van der Waals surface area contributed by atoms with Crippen LogP contribution in [0.1, 0.15) is 24.3 Å². The van der Waals surface area contributed by atoms with Crippen molar-refractivity contribution in [2.75, 3.05) is 6.61 Å². The first-order valence-electron chi connectivity index (χ1n) is 6.19. The Kier molecular flexibility index (Phi) is 4.37. The van der Waals surface area contributed by atoms with Crippen LogP contribution >= 0.6 is 0 Å². The van der Waals surface area contributed by atoms with Gasteiger partial charge in [0.25, 0.3) is 0 Å². The van der Waals surface area contributed by atoms with Gasteiger partial charge in [-0.25, -0.2) is 0 Å². The summed E-state index contributed by atoms with van der Waals surface area (Å²) in [5, 5.41) is 0. The van der Waals surface area contributed by atoms with Crippen LogP contribution in [0.2, 0.25) is 0 Å². The van der Waals surface area contributed by atoms with Gasteiger partial charge < -0.3 is 9.47 Å². The van der Waals surface area contributed by atoms with E-state index in [0.29, 0.717) is 6.61 Å². The molecule has 0 aliphatic carbocycles. The summed E-state index contributed by atoms with van der Waals surface area (Å²) in [7, 11) is 0. The van der Waals surface area contributed by atoms with Crippen LogP contribution in [-0.2, 0) is 4.74 Å². The Hall–Kier alpha value is -1.80. The summed E-state index contributed by atoms with van der Waals surface area (Å²) in [5.41, 5.74) is 2.25. The van der Waals surface area contributed by atoms with Crippen LogP contribution in [-0.4, -0.2) is 6.61 Å². The van der Waals surface area contributed by atoms with Gasteiger partial charge in [-0.2, -0.15) is 0 Å². The van der Waals surface area contributed by atoms with Crippen LogP contribution in [0.5, 0.6) is 5.75 Å². The van der Waals surface area contributed by atoms with Gasteiger partial charge in [-0.3, -0.25) is 0 Å². The molecule has 0 amide bonds. The lowest BCUT2D eigenvalue weighted by atomic mass is 10.2. The van der Waals surface area contributed by atoms with Crippen molar-refractivity contribution in [2.45, 2.75) is 20.1 Å². The molecule has 2 aromatic carbocycles. The Balaban J connectivity index is 2.14. The summed E-state index contributed by atoms with van der Waals surface area (Å²) in [6.07, 6.45) is -0.348. The van der Waals surface area contributed by atoms with Gasteiger partial charge in [0, 0.05) is 12.2 Å². The van der Waals surface area contributed by atoms with Gasteiger partial charge in [-0.05, 0) is 26.0 Å². The molecule has 2 heteroatoms. The number of ether oxygens (including phenoxy) is 2. The van der Waals surface area contributed by atoms with Gasteiger partial charge in [-0.1, -0.05) is 48.0 Å². The van der Waals surface area contributed by atoms with Crippen molar-refractivity contribution in [2.24, 2.45) is 0 Å². The fourth-order valence-electron chi connectivity index (χ4n) is 1.70. The Labute approximate surface area is 108 Å². The van der Waals surface area contributed by atoms with E-state index in [1.807, 2.05) is 61.5 Å². The molecule has 94 valence electrons. The molecule has 0 aliphatic heterocycles.